The zero-order valence-corrected chi connectivity index (χ0v) is 35.6. The fraction of sp³-hybridized carbons (Fsp3) is 0.667. The molecule has 3 aliphatic carbocycles. The molecule has 6 aliphatic rings. The van der Waals surface area contributed by atoms with Gasteiger partial charge in [0, 0.05) is 13.0 Å². The van der Waals surface area contributed by atoms with E-state index in [0.717, 1.165) is 36.0 Å². The smallest absolute Gasteiger partial charge is 0.410 e. The normalized spacial score (nSPS) is 29.6. The fourth-order valence-corrected chi connectivity index (χ4v) is 10.3. The Labute approximate surface area is 351 Å². The Morgan fingerprint density at radius 3 is 2.47 bits per heavy atom. The van der Waals surface area contributed by atoms with Crippen molar-refractivity contribution in [3.63, 3.8) is 0 Å². The zero-order chi connectivity index (χ0) is 43.0. The Hall–Kier alpha value is -4.71. The lowest BCUT2D eigenvalue weighted by Crippen LogP contribution is -2.61. The average Bonchev–Trinajstić information content (AvgIpc) is 4.09. The van der Waals surface area contributed by atoms with Crippen LogP contribution in [0.4, 0.5) is 9.59 Å². The molecule has 1 aromatic rings. The molecule has 3 heterocycles. The quantitative estimate of drug-likeness (QED) is 0.298. The van der Waals surface area contributed by atoms with E-state index >= 15 is 4.79 Å². The van der Waals surface area contributed by atoms with Crippen molar-refractivity contribution in [2.75, 3.05) is 19.8 Å². The van der Waals surface area contributed by atoms with Crippen LogP contribution < -0.4 is 20.7 Å². The number of rotatable bonds is 8. The van der Waals surface area contributed by atoms with E-state index in [1.807, 2.05) is 31.2 Å². The van der Waals surface area contributed by atoms with Crippen LogP contribution in [-0.4, -0.2) is 114 Å². The lowest BCUT2D eigenvalue weighted by molar-refractivity contribution is -0.144. The second-order valence-electron chi connectivity index (χ2n) is 18.1. The van der Waals surface area contributed by atoms with Crippen molar-refractivity contribution in [3.8, 4) is 0 Å². The summed E-state index contributed by atoms with van der Waals surface area (Å²) < 4.78 is 45.3. The number of nitrogens with zero attached hydrogens (tertiary/aromatic N) is 2. The van der Waals surface area contributed by atoms with Gasteiger partial charge in [0.15, 0.2) is 0 Å². The van der Waals surface area contributed by atoms with E-state index in [1.54, 1.807) is 31.7 Å². The van der Waals surface area contributed by atoms with E-state index in [9.17, 15) is 32.4 Å². The van der Waals surface area contributed by atoms with Crippen molar-refractivity contribution in [1.29, 1.82) is 0 Å². The molecule has 0 unspecified atom stereocenters. The Kier molecular flexibility index (Phi) is 12.5. The third-order valence-corrected chi connectivity index (χ3v) is 14.2. The zero-order valence-electron chi connectivity index (χ0n) is 34.8. The molecule has 1 aromatic carbocycles. The minimum atomic E-state index is -3.92. The van der Waals surface area contributed by atoms with Gasteiger partial charge < -0.3 is 35.1 Å². The Balaban J connectivity index is 1.20. The summed E-state index contributed by atoms with van der Waals surface area (Å²) in [5.74, 6) is -3.45. The summed E-state index contributed by atoms with van der Waals surface area (Å²) in [6.07, 6.45) is 6.52. The summed E-state index contributed by atoms with van der Waals surface area (Å²) in [5, 5.41) is 7.70. The molecular formula is C42H58N6O11S. The van der Waals surface area contributed by atoms with Crippen LogP contribution in [0.3, 0.4) is 0 Å². The molecule has 0 aromatic heterocycles. The van der Waals surface area contributed by atoms with E-state index in [4.69, 9.17) is 14.2 Å². The predicted molar refractivity (Wildman–Crippen MR) is 217 cm³/mol. The molecule has 4 N–H and O–H groups in total. The number of hydrogen-bond acceptors (Lipinski definition) is 11. The number of fused-ring (bicyclic) bond motifs is 3. The molecule has 328 valence electrons. The second kappa shape index (κ2) is 17.3. The van der Waals surface area contributed by atoms with Gasteiger partial charge in [-0.25, -0.2) is 18.0 Å². The van der Waals surface area contributed by atoms with Gasteiger partial charge in [0.2, 0.25) is 27.7 Å². The minimum absolute atomic E-state index is 0.0807. The van der Waals surface area contributed by atoms with Crippen molar-refractivity contribution < 1.29 is 51.4 Å². The van der Waals surface area contributed by atoms with Gasteiger partial charge in [-0.15, -0.1) is 0 Å². The first-order valence-corrected chi connectivity index (χ1v) is 22.8. The highest BCUT2D eigenvalue weighted by Gasteiger charge is 2.62. The summed E-state index contributed by atoms with van der Waals surface area (Å²) in [5.41, 5.74) is 0.348. The maximum atomic E-state index is 15.0. The minimum Gasteiger partial charge on any atom is -0.444 e. The summed E-state index contributed by atoms with van der Waals surface area (Å²) in [7, 11) is -3.92. The number of amides is 6. The average molecular weight is 855 g/mol. The monoisotopic (exact) mass is 854 g/mol. The van der Waals surface area contributed by atoms with Gasteiger partial charge in [0.1, 0.15) is 35.4 Å². The summed E-state index contributed by atoms with van der Waals surface area (Å²) in [6, 6.07) is 2.09. The molecule has 0 radical (unpaired) electrons. The van der Waals surface area contributed by atoms with Crippen LogP contribution in [0.5, 0.6) is 0 Å². The highest BCUT2D eigenvalue weighted by atomic mass is 32.2. The molecule has 4 fully saturated rings. The van der Waals surface area contributed by atoms with E-state index in [0.29, 0.717) is 38.6 Å². The highest BCUT2D eigenvalue weighted by molar-refractivity contribution is 7.91. The first-order valence-electron chi connectivity index (χ1n) is 21.3. The van der Waals surface area contributed by atoms with Gasteiger partial charge in [0.25, 0.3) is 5.91 Å². The maximum absolute atomic E-state index is 15.0. The van der Waals surface area contributed by atoms with E-state index < -0.39 is 86.5 Å². The maximum Gasteiger partial charge on any atom is 0.410 e. The third kappa shape index (κ3) is 9.74. The van der Waals surface area contributed by atoms with Crippen LogP contribution in [0.1, 0.15) is 109 Å². The van der Waals surface area contributed by atoms with Crippen LogP contribution in [0.15, 0.2) is 24.3 Å². The first-order chi connectivity index (χ1) is 28.5. The van der Waals surface area contributed by atoms with Crippen LogP contribution in [-0.2, 0) is 56.5 Å². The number of nitrogens with one attached hydrogen (secondary N) is 4. The van der Waals surface area contributed by atoms with Crippen molar-refractivity contribution in [3.05, 3.63) is 41.0 Å². The largest absolute Gasteiger partial charge is 0.444 e. The number of alkyl carbamates (subject to hydrolysis) is 1. The van der Waals surface area contributed by atoms with Crippen molar-refractivity contribution in [2.45, 2.75) is 146 Å². The number of carbonyl (C=O) groups excluding carboxylic acids is 6. The predicted octanol–water partition coefficient (Wildman–Crippen LogP) is 3.00. The topological polar surface area (TPSA) is 219 Å². The lowest BCUT2D eigenvalue weighted by atomic mass is 9.83. The number of sulfonamides is 1. The molecule has 60 heavy (non-hydrogen) atoms. The van der Waals surface area contributed by atoms with Crippen LogP contribution in [0.2, 0.25) is 0 Å². The summed E-state index contributed by atoms with van der Waals surface area (Å²) >= 11 is 0. The van der Waals surface area contributed by atoms with Crippen LogP contribution >= 0.6 is 0 Å². The van der Waals surface area contributed by atoms with E-state index in [1.165, 1.54) is 4.90 Å². The molecular weight excluding hydrogens is 797 g/mol. The van der Waals surface area contributed by atoms with Crippen molar-refractivity contribution >= 4 is 51.9 Å². The lowest BCUT2D eigenvalue weighted by Gasteiger charge is -2.35. The molecule has 7 rings (SSSR count). The first kappa shape index (κ1) is 43.4. The van der Waals surface area contributed by atoms with E-state index in [2.05, 4.69) is 20.7 Å². The molecule has 3 saturated carbocycles. The van der Waals surface area contributed by atoms with Crippen molar-refractivity contribution in [2.24, 2.45) is 11.8 Å². The Bertz CT molecular complexity index is 2010. The molecule has 18 heteroatoms. The molecule has 17 nitrogen and oxygen atoms in total. The second-order valence-corrected chi connectivity index (χ2v) is 20.0. The van der Waals surface area contributed by atoms with E-state index in [-0.39, 0.29) is 51.0 Å². The summed E-state index contributed by atoms with van der Waals surface area (Å²) in [6.45, 7) is 7.14. The van der Waals surface area contributed by atoms with Gasteiger partial charge in [-0.05, 0) is 81.4 Å². The molecule has 3 aliphatic heterocycles. The Morgan fingerprint density at radius 1 is 1.03 bits per heavy atom. The molecule has 6 amide bonds. The highest BCUT2D eigenvalue weighted by Crippen LogP contribution is 2.47. The number of carbonyl (C=O) groups is 6. The summed E-state index contributed by atoms with van der Waals surface area (Å²) in [4.78, 5) is 87.1. The van der Waals surface area contributed by atoms with Gasteiger partial charge in [-0.3, -0.25) is 28.8 Å². The van der Waals surface area contributed by atoms with Gasteiger partial charge in [-0.2, -0.15) is 0 Å². The number of hydrogen-bond donors (Lipinski definition) is 4. The SMILES string of the molecule is CC[C@@H]1C[C@]1(NC(=O)[C@@H]1C[C@@H]2CN1C(=O)[C@H](C1CCCCC1)NC(=O)[C@@H](NC(=O)OC(C)(C)C)COC/C=C/c1cccc3c1CN(C3)C(=O)O2)C(=O)NS(=O)(=O)C1CC1. The fourth-order valence-electron chi connectivity index (χ4n) is 8.96. The number of benzene rings is 1. The van der Waals surface area contributed by atoms with Crippen molar-refractivity contribution in [1.82, 2.24) is 30.5 Å². The van der Waals surface area contributed by atoms with Gasteiger partial charge in [-0.1, -0.05) is 63.0 Å². The number of ether oxygens (including phenoxy) is 3. The van der Waals surface area contributed by atoms with Gasteiger partial charge in [0.05, 0.1) is 31.6 Å². The van der Waals surface area contributed by atoms with Crippen LogP contribution in [0.25, 0.3) is 6.08 Å². The molecule has 6 atom stereocenters. The standard InChI is InChI=1S/C42H58N6O11S/c1-5-28-20-42(28,38(52)46-60(55,56)30-16-17-30)45-36(50)33-19-29-22-48(33)37(51)34(26-11-7-6-8-12-26)44-35(49)32(43-39(53)59-41(2,3)4)24-57-18-10-15-25-13-9-14-27-21-47(23-31(25)27)40(54)58-29/h9-10,13-15,26,28-30,32-34H,5-8,11-12,16-24H2,1-4H3,(H,43,53)(H,44,49)(H,45,50)(H,46,52)/b15-10+/t28-,29-,32+,33+,34+,42-/m1/s1. The molecule has 4 bridgehead atoms. The molecule has 0 spiro atoms. The van der Waals surface area contributed by atoms with Crippen LogP contribution in [0, 0.1) is 11.8 Å². The van der Waals surface area contributed by atoms with Gasteiger partial charge >= 0.3 is 12.2 Å². The third-order valence-electron chi connectivity index (χ3n) is 12.4. The molecule has 1 saturated heterocycles. The Morgan fingerprint density at radius 2 is 1.78 bits per heavy atom.